The van der Waals surface area contributed by atoms with Gasteiger partial charge in [-0.3, -0.25) is 4.79 Å². The first-order valence-corrected chi connectivity index (χ1v) is 12.7. The number of hydrogen-bond acceptors (Lipinski definition) is 6. The first-order valence-electron chi connectivity index (χ1n) is 12.7. The van der Waals surface area contributed by atoms with E-state index in [0.29, 0.717) is 35.5 Å². The molecule has 2 atom stereocenters. The van der Waals surface area contributed by atoms with Gasteiger partial charge in [0.15, 0.2) is 17.3 Å². The van der Waals surface area contributed by atoms with E-state index in [9.17, 15) is 9.59 Å². The number of allylic oxidation sites excluding steroid dienone is 3. The quantitative estimate of drug-likeness (QED) is 0.539. The van der Waals surface area contributed by atoms with Gasteiger partial charge in [-0.2, -0.15) is 0 Å². The summed E-state index contributed by atoms with van der Waals surface area (Å²) in [6, 6.07) is 15.8. The fourth-order valence-corrected chi connectivity index (χ4v) is 5.86. The van der Waals surface area contributed by atoms with Gasteiger partial charge in [0.1, 0.15) is 6.10 Å². The molecule has 3 aliphatic rings. The number of dihydropyridines is 1. The first kappa shape index (κ1) is 24.2. The number of ketones is 1. The summed E-state index contributed by atoms with van der Waals surface area (Å²) in [5.41, 5.74) is 4.73. The minimum Gasteiger partial charge on any atom is -0.493 e. The molecule has 0 aromatic heterocycles. The van der Waals surface area contributed by atoms with Gasteiger partial charge in [0.05, 0.1) is 19.8 Å². The lowest BCUT2D eigenvalue weighted by molar-refractivity contribution is -0.144. The number of ether oxygens (including phenoxy) is 3. The van der Waals surface area contributed by atoms with E-state index in [2.05, 4.69) is 17.4 Å². The SMILES string of the molecule is COc1ccc([C@@H]2C(C(=O)OC3CCCC3)=C(C)NC3=C2C(=O)C[C@@H](c2ccccc2)C3)cc1OC. The lowest BCUT2D eigenvalue weighted by atomic mass is 9.71. The molecule has 0 saturated heterocycles. The van der Waals surface area contributed by atoms with E-state index < -0.39 is 5.92 Å². The minimum atomic E-state index is -0.529. The highest BCUT2D eigenvalue weighted by Crippen LogP contribution is 2.47. The molecule has 2 aliphatic carbocycles. The summed E-state index contributed by atoms with van der Waals surface area (Å²) >= 11 is 0. The summed E-state index contributed by atoms with van der Waals surface area (Å²) in [6.07, 6.45) is 4.96. The maximum absolute atomic E-state index is 13.8. The van der Waals surface area contributed by atoms with Gasteiger partial charge >= 0.3 is 5.97 Å². The third-order valence-electron chi connectivity index (χ3n) is 7.64. The van der Waals surface area contributed by atoms with Crippen molar-refractivity contribution in [2.45, 2.75) is 63.4 Å². The van der Waals surface area contributed by atoms with Crippen molar-refractivity contribution in [3.05, 3.63) is 82.2 Å². The maximum atomic E-state index is 13.8. The Morgan fingerprint density at radius 3 is 2.33 bits per heavy atom. The summed E-state index contributed by atoms with van der Waals surface area (Å²) in [6.45, 7) is 1.90. The lowest BCUT2D eigenvalue weighted by Gasteiger charge is -2.37. The normalized spacial score (nSPS) is 22.2. The topological polar surface area (TPSA) is 73.9 Å². The number of esters is 1. The Morgan fingerprint density at radius 1 is 0.917 bits per heavy atom. The number of carbonyl (C=O) groups excluding carboxylic acids is 2. The molecule has 1 aliphatic heterocycles. The van der Waals surface area contributed by atoms with Crippen LogP contribution in [0.4, 0.5) is 0 Å². The fraction of sp³-hybridized carbons (Fsp3) is 0.400. The smallest absolute Gasteiger partial charge is 0.337 e. The average molecular weight is 488 g/mol. The van der Waals surface area contributed by atoms with E-state index in [1.165, 1.54) is 0 Å². The number of nitrogens with one attached hydrogen (secondary N) is 1. The van der Waals surface area contributed by atoms with E-state index in [1.54, 1.807) is 14.2 Å². The Bertz CT molecular complexity index is 1220. The second-order valence-electron chi connectivity index (χ2n) is 9.85. The van der Waals surface area contributed by atoms with Crippen LogP contribution < -0.4 is 14.8 Å². The molecule has 0 unspecified atom stereocenters. The molecule has 1 saturated carbocycles. The molecule has 0 radical (unpaired) electrons. The molecule has 2 aromatic carbocycles. The number of Topliss-reactive ketones (excluding diaryl/α,β-unsaturated/α-hetero) is 1. The molecule has 188 valence electrons. The fourth-order valence-electron chi connectivity index (χ4n) is 5.86. The standard InChI is InChI=1S/C30H33NO5/c1-18-27(30(33)36-22-11-7-8-12-22)28(20-13-14-25(34-2)26(17-20)35-3)29-23(31-18)15-21(16-24(29)32)19-9-5-4-6-10-19/h4-6,9-10,13-14,17,21-22,28,31H,7-8,11-12,15-16H2,1-3H3/t21-,28+/m0/s1. The zero-order chi connectivity index (χ0) is 25.2. The van der Waals surface area contributed by atoms with Crippen molar-refractivity contribution < 1.29 is 23.8 Å². The molecule has 0 spiro atoms. The van der Waals surface area contributed by atoms with Gasteiger partial charge in [0.2, 0.25) is 0 Å². The molecule has 6 nitrogen and oxygen atoms in total. The van der Waals surface area contributed by atoms with Crippen molar-refractivity contribution in [3.8, 4) is 11.5 Å². The lowest BCUT2D eigenvalue weighted by Crippen LogP contribution is -2.36. The van der Waals surface area contributed by atoms with Crippen LogP contribution in [0, 0.1) is 0 Å². The van der Waals surface area contributed by atoms with Gasteiger partial charge in [-0.1, -0.05) is 36.4 Å². The van der Waals surface area contributed by atoms with Crippen LogP contribution in [-0.2, 0) is 14.3 Å². The maximum Gasteiger partial charge on any atom is 0.337 e. The highest BCUT2D eigenvalue weighted by Gasteiger charge is 2.42. The van der Waals surface area contributed by atoms with Crippen molar-refractivity contribution >= 4 is 11.8 Å². The highest BCUT2D eigenvalue weighted by molar-refractivity contribution is 6.04. The number of carbonyl (C=O) groups is 2. The molecule has 1 N–H and O–H groups in total. The Kier molecular flexibility index (Phi) is 6.86. The van der Waals surface area contributed by atoms with Crippen LogP contribution in [0.3, 0.4) is 0 Å². The monoisotopic (exact) mass is 487 g/mol. The predicted molar refractivity (Wildman–Crippen MR) is 137 cm³/mol. The molecule has 0 amide bonds. The van der Waals surface area contributed by atoms with E-state index in [-0.39, 0.29) is 23.8 Å². The van der Waals surface area contributed by atoms with Gasteiger partial charge in [0, 0.05) is 29.3 Å². The highest BCUT2D eigenvalue weighted by atomic mass is 16.5. The van der Waals surface area contributed by atoms with E-state index in [4.69, 9.17) is 14.2 Å². The van der Waals surface area contributed by atoms with Crippen LogP contribution in [-0.4, -0.2) is 32.1 Å². The summed E-state index contributed by atoms with van der Waals surface area (Å²) in [5, 5.41) is 3.44. The second-order valence-corrected chi connectivity index (χ2v) is 9.85. The van der Waals surface area contributed by atoms with Gasteiger partial charge in [-0.15, -0.1) is 0 Å². The van der Waals surface area contributed by atoms with Crippen molar-refractivity contribution in [1.82, 2.24) is 5.32 Å². The largest absolute Gasteiger partial charge is 0.493 e. The van der Waals surface area contributed by atoms with Crippen molar-refractivity contribution in [1.29, 1.82) is 0 Å². The molecule has 1 heterocycles. The predicted octanol–water partition coefficient (Wildman–Crippen LogP) is 5.55. The summed E-state index contributed by atoms with van der Waals surface area (Å²) < 4.78 is 16.9. The molecule has 2 aromatic rings. The Hall–Kier alpha value is -3.54. The Labute approximate surface area is 212 Å². The van der Waals surface area contributed by atoms with Gasteiger partial charge in [-0.05, 0) is 68.2 Å². The average Bonchev–Trinajstić information content (AvgIpc) is 3.40. The van der Waals surface area contributed by atoms with Gasteiger partial charge < -0.3 is 19.5 Å². The minimum absolute atomic E-state index is 0.0519. The van der Waals surface area contributed by atoms with E-state index >= 15 is 0 Å². The van der Waals surface area contributed by atoms with Crippen molar-refractivity contribution in [2.75, 3.05) is 14.2 Å². The van der Waals surface area contributed by atoms with Gasteiger partial charge in [-0.25, -0.2) is 4.79 Å². The van der Waals surface area contributed by atoms with Gasteiger partial charge in [0.25, 0.3) is 0 Å². The van der Waals surface area contributed by atoms with E-state index in [1.807, 2.05) is 43.3 Å². The molecule has 6 heteroatoms. The van der Waals surface area contributed by atoms with Crippen LogP contribution in [0.2, 0.25) is 0 Å². The second kappa shape index (κ2) is 10.2. The zero-order valence-corrected chi connectivity index (χ0v) is 21.1. The number of methoxy groups -OCH3 is 2. The molecule has 0 bridgehead atoms. The third-order valence-corrected chi connectivity index (χ3v) is 7.64. The van der Waals surface area contributed by atoms with Crippen molar-refractivity contribution in [2.24, 2.45) is 0 Å². The number of hydrogen-bond donors (Lipinski definition) is 1. The van der Waals surface area contributed by atoms with Crippen LogP contribution >= 0.6 is 0 Å². The molecule has 5 rings (SSSR count). The number of benzene rings is 2. The van der Waals surface area contributed by atoms with Crippen LogP contribution in [0.5, 0.6) is 11.5 Å². The van der Waals surface area contributed by atoms with E-state index in [0.717, 1.165) is 48.2 Å². The van der Waals surface area contributed by atoms with Crippen molar-refractivity contribution in [3.63, 3.8) is 0 Å². The first-order chi connectivity index (χ1) is 17.5. The molecule has 36 heavy (non-hydrogen) atoms. The third kappa shape index (κ3) is 4.52. The molecule has 1 fully saturated rings. The summed E-state index contributed by atoms with van der Waals surface area (Å²) in [7, 11) is 3.17. The summed E-state index contributed by atoms with van der Waals surface area (Å²) in [5.74, 6) is 0.420. The molecular weight excluding hydrogens is 454 g/mol. The molecular formula is C30H33NO5. The summed E-state index contributed by atoms with van der Waals surface area (Å²) in [4.78, 5) is 27.3. The number of rotatable bonds is 6. The van der Waals surface area contributed by atoms with Crippen LogP contribution in [0.25, 0.3) is 0 Å². The Morgan fingerprint density at radius 2 is 1.64 bits per heavy atom. The Balaban J connectivity index is 1.58. The van der Waals surface area contributed by atoms with Crippen LogP contribution in [0.1, 0.15) is 68.4 Å². The zero-order valence-electron chi connectivity index (χ0n) is 21.1. The van der Waals surface area contributed by atoms with Crippen LogP contribution in [0.15, 0.2) is 71.1 Å².